The zero-order valence-electron chi connectivity index (χ0n) is 10.0. The number of hydrogen-bond acceptors (Lipinski definition) is 2. The fraction of sp³-hybridized carbons (Fsp3) is 0.286. The predicted molar refractivity (Wildman–Crippen MR) is 67.2 cm³/mol. The SMILES string of the molecule is CCc1nc2c(c(=O)[nH]1)-c1ccc(C)cc1C2. The highest BCUT2D eigenvalue weighted by Crippen LogP contribution is 2.33. The maximum atomic E-state index is 12.0. The van der Waals surface area contributed by atoms with E-state index in [0.29, 0.717) is 0 Å². The third-order valence-corrected chi connectivity index (χ3v) is 3.27. The first-order valence-electron chi connectivity index (χ1n) is 5.91. The minimum Gasteiger partial charge on any atom is -0.310 e. The second-order valence-corrected chi connectivity index (χ2v) is 4.53. The molecule has 86 valence electrons. The van der Waals surface area contributed by atoms with E-state index in [1.165, 1.54) is 11.1 Å². The summed E-state index contributed by atoms with van der Waals surface area (Å²) in [5.74, 6) is 0.776. The van der Waals surface area contributed by atoms with Gasteiger partial charge in [0.2, 0.25) is 0 Å². The maximum Gasteiger partial charge on any atom is 0.259 e. The van der Waals surface area contributed by atoms with Crippen molar-refractivity contribution in [1.82, 2.24) is 9.97 Å². The Bertz CT molecular complexity index is 656. The molecule has 1 aromatic heterocycles. The zero-order chi connectivity index (χ0) is 12.0. The number of benzene rings is 1. The lowest BCUT2D eigenvalue weighted by Gasteiger charge is -2.01. The molecule has 0 radical (unpaired) electrons. The first-order chi connectivity index (χ1) is 8.19. The summed E-state index contributed by atoms with van der Waals surface area (Å²) in [4.78, 5) is 19.4. The molecule has 0 saturated heterocycles. The van der Waals surface area contributed by atoms with Crippen molar-refractivity contribution in [1.29, 1.82) is 0 Å². The standard InChI is InChI=1S/C14H14N2O/c1-3-12-15-11-7-9-6-8(2)4-5-10(9)13(11)14(17)16-12/h4-6H,3,7H2,1-2H3,(H,15,16,17). The minimum atomic E-state index is -0.00514. The second kappa shape index (κ2) is 3.55. The van der Waals surface area contributed by atoms with Gasteiger partial charge in [0.15, 0.2) is 0 Å². The first-order valence-corrected chi connectivity index (χ1v) is 5.91. The molecular weight excluding hydrogens is 212 g/mol. The first kappa shape index (κ1) is 10.3. The smallest absolute Gasteiger partial charge is 0.259 e. The third kappa shape index (κ3) is 1.50. The van der Waals surface area contributed by atoms with Crippen LogP contribution in [-0.4, -0.2) is 9.97 Å². The van der Waals surface area contributed by atoms with E-state index in [0.717, 1.165) is 35.5 Å². The Hall–Kier alpha value is -1.90. The summed E-state index contributed by atoms with van der Waals surface area (Å²) in [7, 11) is 0. The molecule has 1 N–H and O–H groups in total. The normalized spacial score (nSPS) is 12.4. The van der Waals surface area contributed by atoms with Crippen molar-refractivity contribution in [3.63, 3.8) is 0 Å². The van der Waals surface area contributed by atoms with Crippen molar-refractivity contribution in [2.24, 2.45) is 0 Å². The summed E-state index contributed by atoms with van der Waals surface area (Å²) in [6.45, 7) is 4.06. The van der Waals surface area contributed by atoms with E-state index in [9.17, 15) is 4.79 Å². The average Bonchev–Trinajstić information content (AvgIpc) is 2.66. The van der Waals surface area contributed by atoms with Gasteiger partial charge in [-0.3, -0.25) is 4.79 Å². The highest BCUT2D eigenvalue weighted by molar-refractivity contribution is 5.74. The summed E-state index contributed by atoms with van der Waals surface area (Å²) in [6.07, 6.45) is 1.54. The van der Waals surface area contributed by atoms with Gasteiger partial charge in [-0.2, -0.15) is 0 Å². The van der Waals surface area contributed by atoms with Gasteiger partial charge in [-0.25, -0.2) is 4.98 Å². The Morgan fingerprint density at radius 3 is 3.00 bits per heavy atom. The lowest BCUT2D eigenvalue weighted by Crippen LogP contribution is -2.14. The fourth-order valence-corrected chi connectivity index (χ4v) is 2.44. The maximum absolute atomic E-state index is 12.0. The molecule has 1 heterocycles. The largest absolute Gasteiger partial charge is 0.310 e. The predicted octanol–water partition coefficient (Wildman–Crippen LogP) is 2.21. The van der Waals surface area contributed by atoms with Crippen LogP contribution in [0.15, 0.2) is 23.0 Å². The Morgan fingerprint density at radius 2 is 2.24 bits per heavy atom. The molecule has 0 aliphatic heterocycles. The van der Waals surface area contributed by atoms with Gasteiger partial charge in [0.1, 0.15) is 5.82 Å². The lowest BCUT2D eigenvalue weighted by molar-refractivity contribution is 0.894. The van der Waals surface area contributed by atoms with Gasteiger partial charge in [-0.05, 0) is 18.1 Å². The molecule has 0 fully saturated rings. The van der Waals surface area contributed by atoms with Crippen LogP contribution in [0, 0.1) is 6.92 Å². The van der Waals surface area contributed by atoms with Crippen molar-refractivity contribution in [2.75, 3.05) is 0 Å². The number of aromatic amines is 1. The topological polar surface area (TPSA) is 45.8 Å². The lowest BCUT2D eigenvalue weighted by atomic mass is 10.1. The molecule has 17 heavy (non-hydrogen) atoms. The summed E-state index contributed by atoms with van der Waals surface area (Å²) in [5.41, 5.74) is 5.16. The molecule has 1 aromatic carbocycles. The molecule has 1 aliphatic rings. The minimum absolute atomic E-state index is 0.00514. The molecule has 2 aromatic rings. The van der Waals surface area contributed by atoms with E-state index >= 15 is 0 Å². The summed E-state index contributed by atoms with van der Waals surface area (Å²) in [5, 5.41) is 0. The number of nitrogens with zero attached hydrogens (tertiary/aromatic N) is 1. The van der Waals surface area contributed by atoms with Gasteiger partial charge in [0, 0.05) is 12.8 Å². The monoisotopic (exact) mass is 226 g/mol. The van der Waals surface area contributed by atoms with Crippen LogP contribution in [0.1, 0.15) is 29.6 Å². The van der Waals surface area contributed by atoms with Crippen LogP contribution < -0.4 is 5.56 Å². The zero-order valence-corrected chi connectivity index (χ0v) is 10.0. The van der Waals surface area contributed by atoms with Crippen LogP contribution in [0.3, 0.4) is 0 Å². The van der Waals surface area contributed by atoms with Crippen LogP contribution >= 0.6 is 0 Å². The molecule has 3 rings (SSSR count). The van der Waals surface area contributed by atoms with Gasteiger partial charge < -0.3 is 4.98 Å². The Labute approximate surface area is 99.5 Å². The van der Waals surface area contributed by atoms with Crippen LogP contribution in [-0.2, 0) is 12.8 Å². The van der Waals surface area contributed by atoms with Crippen LogP contribution in [0.2, 0.25) is 0 Å². The van der Waals surface area contributed by atoms with Crippen molar-refractivity contribution in [3.8, 4) is 11.1 Å². The molecule has 0 bridgehead atoms. The van der Waals surface area contributed by atoms with Crippen LogP contribution in [0.5, 0.6) is 0 Å². The Balaban J connectivity index is 2.27. The molecule has 3 nitrogen and oxygen atoms in total. The van der Waals surface area contributed by atoms with E-state index in [1.807, 2.05) is 19.1 Å². The van der Waals surface area contributed by atoms with Crippen LogP contribution in [0.4, 0.5) is 0 Å². The fourth-order valence-electron chi connectivity index (χ4n) is 2.44. The van der Waals surface area contributed by atoms with Crippen LogP contribution in [0.25, 0.3) is 11.1 Å². The molecule has 0 unspecified atom stereocenters. The summed E-state index contributed by atoms with van der Waals surface area (Å²) in [6, 6.07) is 6.21. The quantitative estimate of drug-likeness (QED) is 0.691. The van der Waals surface area contributed by atoms with Gasteiger partial charge >= 0.3 is 0 Å². The van der Waals surface area contributed by atoms with Crippen molar-refractivity contribution < 1.29 is 0 Å². The van der Waals surface area contributed by atoms with E-state index in [-0.39, 0.29) is 5.56 Å². The van der Waals surface area contributed by atoms with Crippen molar-refractivity contribution in [3.05, 3.63) is 51.2 Å². The average molecular weight is 226 g/mol. The highest BCUT2D eigenvalue weighted by atomic mass is 16.1. The number of rotatable bonds is 1. The molecule has 0 saturated carbocycles. The van der Waals surface area contributed by atoms with Gasteiger partial charge in [-0.1, -0.05) is 30.7 Å². The second-order valence-electron chi connectivity index (χ2n) is 4.53. The van der Waals surface area contributed by atoms with E-state index in [1.54, 1.807) is 0 Å². The number of aromatic nitrogens is 2. The molecular formula is C14H14N2O. The molecule has 0 spiro atoms. The molecule has 3 heteroatoms. The number of hydrogen-bond donors (Lipinski definition) is 1. The molecule has 0 atom stereocenters. The van der Waals surface area contributed by atoms with Crippen molar-refractivity contribution >= 4 is 0 Å². The Kier molecular flexibility index (Phi) is 2.15. The van der Waals surface area contributed by atoms with E-state index < -0.39 is 0 Å². The van der Waals surface area contributed by atoms with Gasteiger partial charge in [0.05, 0.1) is 11.3 Å². The van der Waals surface area contributed by atoms with E-state index in [2.05, 4.69) is 23.0 Å². The summed E-state index contributed by atoms with van der Waals surface area (Å²) < 4.78 is 0. The Morgan fingerprint density at radius 1 is 1.41 bits per heavy atom. The highest BCUT2D eigenvalue weighted by Gasteiger charge is 2.23. The number of H-pyrrole nitrogens is 1. The number of nitrogens with one attached hydrogen (secondary N) is 1. The third-order valence-electron chi connectivity index (χ3n) is 3.27. The molecule has 0 amide bonds. The molecule has 1 aliphatic carbocycles. The van der Waals surface area contributed by atoms with Crippen molar-refractivity contribution in [2.45, 2.75) is 26.7 Å². The summed E-state index contributed by atoms with van der Waals surface area (Å²) >= 11 is 0. The van der Waals surface area contributed by atoms with E-state index in [4.69, 9.17) is 0 Å². The van der Waals surface area contributed by atoms with Gasteiger partial charge in [-0.15, -0.1) is 0 Å². The van der Waals surface area contributed by atoms with Gasteiger partial charge in [0.25, 0.3) is 5.56 Å². The number of aryl methyl sites for hydroxylation is 2. The number of fused-ring (bicyclic) bond motifs is 3.